The molecule has 0 aliphatic heterocycles. The molecule has 2 rings (SSSR count). The van der Waals surface area contributed by atoms with Gasteiger partial charge in [-0.3, -0.25) is 0 Å². The maximum Gasteiger partial charge on any atom is 0.246 e. The van der Waals surface area contributed by atoms with E-state index in [1.165, 1.54) is 11.3 Å². The van der Waals surface area contributed by atoms with Crippen molar-refractivity contribution in [2.24, 2.45) is 5.73 Å². The molecule has 0 aromatic carbocycles. The van der Waals surface area contributed by atoms with Gasteiger partial charge in [0.2, 0.25) is 10.0 Å². The molecule has 0 radical (unpaired) electrons. The largest absolute Gasteiger partial charge is 0.360 e. The summed E-state index contributed by atoms with van der Waals surface area (Å²) in [5, 5.41) is 5.52. The zero-order valence-corrected chi connectivity index (χ0v) is 13.3. The van der Waals surface area contributed by atoms with Crippen LogP contribution in [0.1, 0.15) is 21.9 Å². The van der Waals surface area contributed by atoms with Gasteiger partial charge in [-0.2, -0.15) is 0 Å². The van der Waals surface area contributed by atoms with Crippen molar-refractivity contribution in [2.75, 3.05) is 6.54 Å². The third kappa shape index (κ3) is 3.51. The molecule has 0 saturated carbocycles. The Hall–Kier alpha value is -1.66. The second kappa shape index (κ2) is 6.41. The van der Waals surface area contributed by atoms with Crippen molar-refractivity contribution in [3.63, 3.8) is 0 Å². The lowest BCUT2D eigenvalue weighted by Gasteiger charge is -2.05. The van der Waals surface area contributed by atoms with Crippen molar-refractivity contribution in [3.05, 3.63) is 33.3 Å². The first kappa shape index (κ1) is 15.7. The van der Waals surface area contributed by atoms with Crippen LogP contribution in [-0.2, 0) is 16.6 Å². The second-order valence-electron chi connectivity index (χ2n) is 4.24. The fourth-order valence-corrected chi connectivity index (χ4v) is 4.01. The maximum atomic E-state index is 12.3. The van der Waals surface area contributed by atoms with Gasteiger partial charge in [0.25, 0.3) is 0 Å². The number of nitrogens with zero attached hydrogens (tertiary/aromatic N) is 1. The topological polar surface area (TPSA) is 98.2 Å². The average molecular weight is 325 g/mol. The van der Waals surface area contributed by atoms with Crippen molar-refractivity contribution < 1.29 is 12.9 Å². The molecule has 0 bridgehead atoms. The van der Waals surface area contributed by atoms with Gasteiger partial charge in [0.1, 0.15) is 10.6 Å². The summed E-state index contributed by atoms with van der Waals surface area (Å²) in [7, 11) is -3.66. The molecular formula is C13H15N3O3S2. The summed E-state index contributed by atoms with van der Waals surface area (Å²) in [5.74, 6) is 5.95. The summed E-state index contributed by atoms with van der Waals surface area (Å²) in [5.41, 5.74) is 6.46. The fourth-order valence-electron chi connectivity index (χ4n) is 1.83. The van der Waals surface area contributed by atoms with E-state index in [4.69, 9.17) is 10.3 Å². The molecule has 112 valence electrons. The van der Waals surface area contributed by atoms with E-state index in [1.54, 1.807) is 13.8 Å². The number of aryl methyl sites for hydroxylation is 2. The van der Waals surface area contributed by atoms with Gasteiger partial charge in [0.15, 0.2) is 5.76 Å². The van der Waals surface area contributed by atoms with Gasteiger partial charge in [-0.25, -0.2) is 13.1 Å². The minimum Gasteiger partial charge on any atom is -0.360 e. The van der Waals surface area contributed by atoms with Crippen LogP contribution in [0.25, 0.3) is 0 Å². The average Bonchev–Trinajstić information content (AvgIpc) is 3.01. The van der Waals surface area contributed by atoms with E-state index in [2.05, 4.69) is 21.7 Å². The molecule has 2 aromatic heterocycles. The monoisotopic (exact) mass is 325 g/mol. The van der Waals surface area contributed by atoms with Gasteiger partial charge in [-0.05, 0) is 25.3 Å². The van der Waals surface area contributed by atoms with Crippen LogP contribution in [0.3, 0.4) is 0 Å². The van der Waals surface area contributed by atoms with E-state index in [0.717, 1.165) is 10.4 Å². The molecule has 0 aliphatic carbocycles. The molecule has 0 atom stereocenters. The Morgan fingerprint density at radius 3 is 2.86 bits per heavy atom. The SMILES string of the molecule is Cc1noc(C)c1S(=O)(=O)NCc1sccc1C#CCN. The number of nitrogens with two attached hydrogens (primary N) is 1. The first-order valence-electron chi connectivity index (χ1n) is 6.13. The highest BCUT2D eigenvalue weighted by Gasteiger charge is 2.24. The first-order valence-corrected chi connectivity index (χ1v) is 8.50. The van der Waals surface area contributed by atoms with Crippen molar-refractivity contribution in [1.82, 2.24) is 9.88 Å². The third-order valence-corrected chi connectivity index (χ3v) is 5.30. The molecule has 0 unspecified atom stereocenters. The lowest BCUT2D eigenvalue weighted by Crippen LogP contribution is -2.24. The molecule has 0 fully saturated rings. The van der Waals surface area contributed by atoms with Crippen molar-refractivity contribution in [2.45, 2.75) is 25.3 Å². The van der Waals surface area contributed by atoms with Gasteiger partial charge in [-0.15, -0.1) is 11.3 Å². The maximum absolute atomic E-state index is 12.3. The number of hydrogen-bond acceptors (Lipinski definition) is 6. The quantitative estimate of drug-likeness (QED) is 0.822. The minimum absolute atomic E-state index is 0.0913. The summed E-state index contributed by atoms with van der Waals surface area (Å²) < 4.78 is 32.0. The van der Waals surface area contributed by atoms with Gasteiger partial charge in [0.05, 0.1) is 6.54 Å². The van der Waals surface area contributed by atoms with Crippen molar-refractivity contribution in [3.8, 4) is 11.8 Å². The molecule has 0 aliphatic rings. The van der Waals surface area contributed by atoms with Gasteiger partial charge in [-0.1, -0.05) is 17.0 Å². The number of thiophene rings is 1. The fraction of sp³-hybridized carbons (Fsp3) is 0.308. The molecular weight excluding hydrogens is 310 g/mol. The Bertz CT molecular complexity index is 775. The Morgan fingerprint density at radius 1 is 1.48 bits per heavy atom. The van der Waals surface area contributed by atoms with Crippen LogP contribution in [-0.4, -0.2) is 20.1 Å². The number of aromatic nitrogens is 1. The Morgan fingerprint density at radius 2 is 2.24 bits per heavy atom. The highest BCUT2D eigenvalue weighted by Crippen LogP contribution is 2.20. The van der Waals surface area contributed by atoms with Crippen molar-refractivity contribution in [1.29, 1.82) is 0 Å². The zero-order valence-electron chi connectivity index (χ0n) is 11.6. The minimum atomic E-state index is -3.66. The highest BCUT2D eigenvalue weighted by molar-refractivity contribution is 7.89. The lowest BCUT2D eigenvalue weighted by atomic mass is 10.2. The van der Waals surface area contributed by atoms with Crippen LogP contribution in [0.5, 0.6) is 0 Å². The van der Waals surface area contributed by atoms with E-state index in [0.29, 0.717) is 5.69 Å². The number of hydrogen-bond donors (Lipinski definition) is 2. The first-order chi connectivity index (χ1) is 9.95. The number of nitrogens with one attached hydrogen (secondary N) is 1. The molecule has 3 N–H and O–H groups in total. The van der Waals surface area contributed by atoms with Crippen molar-refractivity contribution >= 4 is 21.4 Å². The van der Waals surface area contributed by atoms with Crippen LogP contribution >= 0.6 is 11.3 Å². The summed E-state index contributed by atoms with van der Waals surface area (Å²) >= 11 is 1.44. The molecule has 0 spiro atoms. The van der Waals surface area contributed by atoms with E-state index in [9.17, 15) is 8.42 Å². The molecule has 2 heterocycles. The molecule has 0 saturated heterocycles. The third-order valence-electron chi connectivity index (χ3n) is 2.73. The molecule has 0 amide bonds. The second-order valence-corrected chi connectivity index (χ2v) is 6.95. The van der Waals surface area contributed by atoms with E-state index in [-0.39, 0.29) is 23.7 Å². The Balaban J connectivity index is 2.19. The van der Waals surface area contributed by atoms with E-state index >= 15 is 0 Å². The van der Waals surface area contributed by atoms with Crippen LogP contribution in [0.2, 0.25) is 0 Å². The van der Waals surface area contributed by atoms with Crippen LogP contribution in [0.4, 0.5) is 0 Å². The predicted octanol–water partition coefficient (Wildman–Crippen LogP) is 1.14. The van der Waals surface area contributed by atoms with E-state index < -0.39 is 10.0 Å². The summed E-state index contributed by atoms with van der Waals surface area (Å²) in [4.78, 5) is 0.930. The Kier molecular flexibility index (Phi) is 4.80. The van der Waals surface area contributed by atoms with Gasteiger partial charge in [0, 0.05) is 17.0 Å². The standard InChI is InChI=1S/C13H15N3O3S2/c1-9-13(10(2)19-16-9)21(17,18)15-8-12-11(4-3-6-14)5-7-20-12/h5,7,15H,6,8,14H2,1-2H3. The number of rotatable bonds is 4. The van der Waals surface area contributed by atoms with Crippen LogP contribution < -0.4 is 10.5 Å². The highest BCUT2D eigenvalue weighted by atomic mass is 32.2. The normalized spacial score (nSPS) is 11.2. The lowest BCUT2D eigenvalue weighted by molar-refractivity contribution is 0.390. The molecule has 8 heteroatoms. The zero-order chi connectivity index (χ0) is 15.5. The molecule has 21 heavy (non-hydrogen) atoms. The predicted molar refractivity (Wildman–Crippen MR) is 80.3 cm³/mol. The number of sulfonamides is 1. The molecule has 2 aromatic rings. The smallest absolute Gasteiger partial charge is 0.246 e. The van der Waals surface area contributed by atoms with Gasteiger partial charge < -0.3 is 10.3 Å². The summed E-state index contributed by atoms with van der Waals surface area (Å²) in [6, 6.07) is 1.84. The van der Waals surface area contributed by atoms with E-state index in [1.807, 2.05) is 11.4 Å². The van der Waals surface area contributed by atoms with Crippen LogP contribution in [0.15, 0.2) is 20.9 Å². The van der Waals surface area contributed by atoms with Gasteiger partial charge >= 0.3 is 0 Å². The summed E-state index contributed by atoms with van der Waals surface area (Å²) in [6.45, 7) is 3.59. The van der Waals surface area contributed by atoms with Crippen LogP contribution in [0, 0.1) is 25.7 Å². The molecule has 6 nitrogen and oxygen atoms in total. The summed E-state index contributed by atoms with van der Waals surface area (Å²) in [6.07, 6.45) is 0. The Labute approximate surface area is 127 Å².